The summed E-state index contributed by atoms with van der Waals surface area (Å²) in [6.45, 7) is 3.64. The molecule has 2 aliphatic heterocycles. The minimum Gasteiger partial charge on any atom is -0.313 e. The molecular weight excluding hydrogens is 188 g/mol. The van der Waals surface area contributed by atoms with E-state index in [2.05, 4.69) is 12.2 Å². The van der Waals surface area contributed by atoms with Gasteiger partial charge in [-0.25, -0.2) is 8.42 Å². The fourth-order valence-electron chi connectivity index (χ4n) is 2.20. The van der Waals surface area contributed by atoms with Gasteiger partial charge in [-0.2, -0.15) is 4.31 Å². The van der Waals surface area contributed by atoms with Crippen LogP contribution in [0.3, 0.4) is 0 Å². The monoisotopic (exact) mass is 204 g/mol. The minimum absolute atomic E-state index is 0.211. The van der Waals surface area contributed by atoms with Gasteiger partial charge < -0.3 is 5.32 Å². The van der Waals surface area contributed by atoms with Crippen molar-refractivity contribution in [3.05, 3.63) is 0 Å². The predicted octanol–water partition coefficient (Wildman–Crippen LogP) is -0.228. The van der Waals surface area contributed by atoms with Gasteiger partial charge in [0.2, 0.25) is 10.0 Å². The van der Waals surface area contributed by atoms with Crippen LogP contribution in [-0.2, 0) is 10.0 Å². The van der Waals surface area contributed by atoms with Gasteiger partial charge in [0.15, 0.2) is 0 Å². The van der Waals surface area contributed by atoms with Gasteiger partial charge in [-0.05, 0) is 19.8 Å². The molecule has 0 aromatic heterocycles. The molecule has 1 N–H and O–H groups in total. The number of sulfonamides is 1. The number of hydrogen-bond acceptors (Lipinski definition) is 3. The van der Waals surface area contributed by atoms with E-state index in [0.717, 1.165) is 25.9 Å². The molecule has 76 valence electrons. The molecule has 5 heteroatoms. The quantitative estimate of drug-likeness (QED) is 0.642. The number of hydrogen-bond donors (Lipinski definition) is 1. The van der Waals surface area contributed by atoms with Gasteiger partial charge in [0.05, 0.1) is 5.75 Å². The second-order valence-corrected chi connectivity index (χ2v) is 6.02. The first-order chi connectivity index (χ1) is 6.09. The molecule has 2 atom stereocenters. The first kappa shape index (κ1) is 9.43. The predicted molar refractivity (Wildman–Crippen MR) is 51.0 cm³/mol. The summed E-state index contributed by atoms with van der Waals surface area (Å²) in [4.78, 5) is 0. The Kier molecular flexibility index (Phi) is 2.33. The highest BCUT2D eigenvalue weighted by Gasteiger charge is 2.37. The van der Waals surface area contributed by atoms with Gasteiger partial charge in [-0.15, -0.1) is 0 Å². The third kappa shape index (κ3) is 1.73. The SMILES string of the molecule is CC1CC(N2CCCS2(=O)=O)CN1. The third-order valence-electron chi connectivity index (χ3n) is 2.87. The van der Waals surface area contributed by atoms with Crippen LogP contribution in [0.4, 0.5) is 0 Å². The number of rotatable bonds is 1. The Hall–Kier alpha value is -0.130. The van der Waals surface area contributed by atoms with Gasteiger partial charge >= 0.3 is 0 Å². The van der Waals surface area contributed by atoms with Crippen LogP contribution in [0.5, 0.6) is 0 Å². The van der Waals surface area contributed by atoms with Gasteiger partial charge in [0.1, 0.15) is 0 Å². The molecule has 0 aliphatic carbocycles. The van der Waals surface area contributed by atoms with Crippen LogP contribution in [0.2, 0.25) is 0 Å². The molecule has 0 aromatic rings. The summed E-state index contributed by atoms with van der Waals surface area (Å²) >= 11 is 0. The first-order valence-corrected chi connectivity index (χ1v) is 6.43. The van der Waals surface area contributed by atoms with E-state index in [1.165, 1.54) is 0 Å². The topological polar surface area (TPSA) is 49.4 Å². The molecule has 13 heavy (non-hydrogen) atoms. The zero-order valence-electron chi connectivity index (χ0n) is 7.86. The fraction of sp³-hybridized carbons (Fsp3) is 1.00. The molecule has 2 heterocycles. The Labute approximate surface area is 79.4 Å². The standard InChI is InChI=1S/C8H16N2O2S/c1-7-5-8(6-9-7)10-3-2-4-13(10,11)12/h7-9H,2-6H2,1H3. The van der Waals surface area contributed by atoms with Crippen LogP contribution in [-0.4, -0.2) is 43.6 Å². The van der Waals surface area contributed by atoms with Crippen LogP contribution in [0.15, 0.2) is 0 Å². The molecule has 0 radical (unpaired) electrons. The van der Waals surface area contributed by atoms with Crippen molar-refractivity contribution in [3.63, 3.8) is 0 Å². The Morgan fingerprint density at radius 3 is 2.69 bits per heavy atom. The molecule has 0 saturated carbocycles. The van der Waals surface area contributed by atoms with Gasteiger partial charge in [0, 0.05) is 25.2 Å². The second kappa shape index (κ2) is 3.22. The van der Waals surface area contributed by atoms with E-state index in [1.807, 2.05) is 0 Å². The van der Waals surface area contributed by atoms with Crippen molar-refractivity contribution in [2.24, 2.45) is 0 Å². The van der Waals surface area contributed by atoms with Crippen molar-refractivity contribution in [1.82, 2.24) is 9.62 Å². The zero-order valence-corrected chi connectivity index (χ0v) is 8.68. The van der Waals surface area contributed by atoms with Crippen molar-refractivity contribution in [2.45, 2.75) is 31.8 Å². The van der Waals surface area contributed by atoms with Gasteiger partial charge in [-0.3, -0.25) is 0 Å². The third-order valence-corrected chi connectivity index (χ3v) is 4.87. The van der Waals surface area contributed by atoms with Crippen molar-refractivity contribution < 1.29 is 8.42 Å². The number of nitrogens with zero attached hydrogens (tertiary/aromatic N) is 1. The Morgan fingerprint density at radius 1 is 1.46 bits per heavy atom. The van der Waals surface area contributed by atoms with Crippen LogP contribution in [0, 0.1) is 0 Å². The molecule has 2 rings (SSSR count). The molecule has 0 amide bonds. The Balaban J connectivity index is 2.09. The molecular formula is C8H16N2O2S. The summed E-state index contributed by atoms with van der Waals surface area (Å²) in [5, 5.41) is 3.28. The van der Waals surface area contributed by atoms with Crippen LogP contribution in [0.25, 0.3) is 0 Å². The minimum atomic E-state index is -2.90. The van der Waals surface area contributed by atoms with Gasteiger partial charge in [-0.1, -0.05) is 0 Å². The fourth-order valence-corrected chi connectivity index (χ4v) is 3.95. The molecule has 0 spiro atoms. The summed E-state index contributed by atoms with van der Waals surface area (Å²) in [5.41, 5.74) is 0. The first-order valence-electron chi connectivity index (χ1n) is 4.82. The summed E-state index contributed by atoms with van der Waals surface area (Å²) in [7, 11) is -2.90. The van der Waals surface area contributed by atoms with Crippen LogP contribution < -0.4 is 5.32 Å². The van der Waals surface area contributed by atoms with E-state index in [1.54, 1.807) is 4.31 Å². The lowest BCUT2D eigenvalue weighted by atomic mass is 10.2. The highest BCUT2D eigenvalue weighted by molar-refractivity contribution is 7.89. The maximum absolute atomic E-state index is 11.6. The highest BCUT2D eigenvalue weighted by atomic mass is 32.2. The highest BCUT2D eigenvalue weighted by Crippen LogP contribution is 2.22. The van der Waals surface area contributed by atoms with Crippen molar-refractivity contribution in [2.75, 3.05) is 18.8 Å². The van der Waals surface area contributed by atoms with E-state index in [4.69, 9.17) is 0 Å². The lowest BCUT2D eigenvalue weighted by molar-refractivity contribution is 0.356. The van der Waals surface area contributed by atoms with Crippen molar-refractivity contribution >= 4 is 10.0 Å². The normalized spacial score (nSPS) is 39.8. The van der Waals surface area contributed by atoms with Crippen molar-refractivity contribution in [1.29, 1.82) is 0 Å². The zero-order chi connectivity index (χ0) is 9.47. The maximum atomic E-state index is 11.6. The van der Waals surface area contributed by atoms with E-state index in [0.29, 0.717) is 11.8 Å². The van der Waals surface area contributed by atoms with Crippen molar-refractivity contribution in [3.8, 4) is 0 Å². The van der Waals surface area contributed by atoms with E-state index >= 15 is 0 Å². The van der Waals surface area contributed by atoms with E-state index < -0.39 is 10.0 Å². The molecule has 2 saturated heterocycles. The number of nitrogens with one attached hydrogen (secondary N) is 1. The largest absolute Gasteiger partial charge is 0.313 e. The van der Waals surface area contributed by atoms with E-state index in [9.17, 15) is 8.42 Å². The summed E-state index contributed by atoms with van der Waals surface area (Å²) in [5.74, 6) is 0.345. The molecule has 0 aromatic carbocycles. The average Bonchev–Trinajstić information content (AvgIpc) is 2.56. The van der Waals surface area contributed by atoms with Crippen LogP contribution in [0.1, 0.15) is 19.8 Å². The lowest BCUT2D eigenvalue weighted by Crippen LogP contribution is -2.37. The second-order valence-electron chi connectivity index (χ2n) is 3.98. The Morgan fingerprint density at radius 2 is 2.23 bits per heavy atom. The molecule has 2 aliphatic rings. The lowest BCUT2D eigenvalue weighted by Gasteiger charge is -2.20. The molecule has 0 bridgehead atoms. The maximum Gasteiger partial charge on any atom is 0.214 e. The molecule has 2 fully saturated rings. The summed E-state index contributed by atoms with van der Waals surface area (Å²) < 4.78 is 24.8. The van der Waals surface area contributed by atoms with Crippen LogP contribution >= 0.6 is 0 Å². The van der Waals surface area contributed by atoms with Gasteiger partial charge in [0.25, 0.3) is 0 Å². The summed E-state index contributed by atoms with van der Waals surface area (Å²) in [6.07, 6.45) is 1.76. The molecule has 2 unspecified atom stereocenters. The Bertz CT molecular complexity index is 289. The summed E-state index contributed by atoms with van der Waals surface area (Å²) in [6, 6.07) is 0.670. The average molecular weight is 204 g/mol. The smallest absolute Gasteiger partial charge is 0.214 e. The molecule has 4 nitrogen and oxygen atoms in total. The van der Waals surface area contributed by atoms with E-state index in [-0.39, 0.29) is 6.04 Å².